The maximum absolute atomic E-state index is 5.43. The Bertz CT molecular complexity index is 541. The van der Waals surface area contributed by atoms with Crippen LogP contribution in [0.15, 0.2) is 34.9 Å². The van der Waals surface area contributed by atoms with Crippen LogP contribution in [0.3, 0.4) is 0 Å². The molecule has 0 saturated carbocycles. The molecule has 114 valence electrons. The van der Waals surface area contributed by atoms with Crippen LogP contribution in [0, 0.1) is 0 Å². The molecule has 2 aromatic rings. The zero-order chi connectivity index (χ0) is 15.2. The molecule has 21 heavy (non-hydrogen) atoms. The van der Waals surface area contributed by atoms with E-state index in [1.807, 2.05) is 31.2 Å². The second-order valence-electron chi connectivity index (χ2n) is 4.63. The van der Waals surface area contributed by atoms with E-state index in [2.05, 4.69) is 5.32 Å². The molecule has 0 aliphatic rings. The quantitative estimate of drug-likeness (QED) is 0.849. The molecule has 1 N–H and O–H groups in total. The second kappa shape index (κ2) is 7.04. The zero-order valence-corrected chi connectivity index (χ0v) is 12.8. The van der Waals surface area contributed by atoms with Gasteiger partial charge < -0.3 is 23.9 Å². The predicted molar refractivity (Wildman–Crippen MR) is 80.1 cm³/mol. The van der Waals surface area contributed by atoms with Gasteiger partial charge in [0.2, 0.25) is 0 Å². The Kier molecular flexibility index (Phi) is 5.11. The first-order chi connectivity index (χ1) is 10.2. The van der Waals surface area contributed by atoms with Crippen LogP contribution in [0.1, 0.15) is 24.3 Å². The summed E-state index contributed by atoms with van der Waals surface area (Å²) in [4.78, 5) is 0. The van der Waals surface area contributed by atoms with Gasteiger partial charge in [-0.25, -0.2) is 0 Å². The van der Waals surface area contributed by atoms with Crippen LogP contribution in [0.2, 0.25) is 0 Å². The first-order valence-electron chi connectivity index (χ1n) is 6.75. The summed E-state index contributed by atoms with van der Waals surface area (Å²) in [6.07, 6.45) is 1.67. The van der Waals surface area contributed by atoms with Crippen molar-refractivity contribution in [2.75, 3.05) is 21.3 Å². The molecule has 1 aromatic heterocycles. The third-order valence-electron chi connectivity index (χ3n) is 3.37. The molecular formula is C16H21NO4. The molecule has 1 atom stereocenters. The van der Waals surface area contributed by atoms with Crippen molar-refractivity contribution in [3.63, 3.8) is 0 Å². The SMILES string of the molecule is COc1cc(OC)c(CNC(C)c2ccco2)c(OC)c1. The van der Waals surface area contributed by atoms with Gasteiger partial charge in [-0.15, -0.1) is 0 Å². The van der Waals surface area contributed by atoms with Crippen LogP contribution in [0.25, 0.3) is 0 Å². The van der Waals surface area contributed by atoms with Gasteiger partial charge in [0.15, 0.2) is 0 Å². The van der Waals surface area contributed by atoms with Crippen LogP contribution in [-0.2, 0) is 6.54 Å². The highest BCUT2D eigenvalue weighted by Gasteiger charge is 2.15. The fourth-order valence-electron chi connectivity index (χ4n) is 2.15. The molecule has 0 radical (unpaired) electrons. The number of hydrogen-bond acceptors (Lipinski definition) is 5. The molecule has 0 saturated heterocycles. The summed E-state index contributed by atoms with van der Waals surface area (Å²) in [6.45, 7) is 2.64. The van der Waals surface area contributed by atoms with Crippen LogP contribution < -0.4 is 19.5 Å². The molecule has 1 unspecified atom stereocenters. The molecule has 5 heteroatoms. The summed E-state index contributed by atoms with van der Waals surface area (Å²) in [5.74, 6) is 3.05. The van der Waals surface area contributed by atoms with Crippen LogP contribution in [0.4, 0.5) is 0 Å². The van der Waals surface area contributed by atoms with E-state index in [1.54, 1.807) is 27.6 Å². The topological polar surface area (TPSA) is 52.9 Å². The van der Waals surface area contributed by atoms with Gasteiger partial charge in [0.1, 0.15) is 23.0 Å². The highest BCUT2D eigenvalue weighted by Crippen LogP contribution is 2.34. The van der Waals surface area contributed by atoms with E-state index in [-0.39, 0.29) is 6.04 Å². The lowest BCUT2D eigenvalue weighted by atomic mass is 10.1. The lowest BCUT2D eigenvalue weighted by molar-refractivity contribution is 0.362. The molecule has 0 bridgehead atoms. The van der Waals surface area contributed by atoms with E-state index in [9.17, 15) is 0 Å². The molecule has 1 heterocycles. The van der Waals surface area contributed by atoms with E-state index in [1.165, 1.54) is 0 Å². The molecule has 0 aliphatic carbocycles. The predicted octanol–water partition coefficient (Wildman–Crippen LogP) is 3.16. The Morgan fingerprint density at radius 2 is 1.76 bits per heavy atom. The van der Waals surface area contributed by atoms with Crippen molar-refractivity contribution >= 4 is 0 Å². The lowest BCUT2D eigenvalue weighted by Gasteiger charge is -2.17. The number of furan rings is 1. The Labute approximate surface area is 124 Å². The van der Waals surface area contributed by atoms with Crippen LogP contribution >= 0.6 is 0 Å². The average molecular weight is 291 g/mol. The van der Waals surface area contributed by atoms with Crippen molar-refractivity contribution in [2.45, 2.75) is 19.5 Å². The normalized spacial score (nSPS) is 12.0. The standard InChI is InChI=1S/C16H21NO4/c1-11(14-6-5-7-21-14)17-10-13-15(19-3)8-12(18-2)9-16(13)20-4/h5-9,11,17H,10H2,1-4H3. The van der Waals surface area contributed by atoms with Crippen molar-refractivity contribution in [3.8, 4) is 17.2 Å². The molecule has 0 aliphatic heterocycles. The highest BCUT2D eigenvalue weighted by atomic mass is 16.5. The zero-order valence-electron chi connectivity index (χ0n) is 12.8. The number of nitrogens with one attached hydrogen (secondary N) is 1. The second-order valence-corrected chi connectivity index (χ2v) is 4.63. The van der Waals surface area contributed by atoms with E-state index < -0.39 is 0 Å². The van der Waals surface area contributed by atoms with Gasteiger partial charge in [-0.1, -0.05) is 0 Å². The van der Waals surface area contributed by atoms with E-state index in [0.29, 0.717) is 12.3 Å². The van der Waals surface area contributed by atoms with Crippen LogP contribution in [-0.4, -0.2) is 21.3 Å². The minimum absolute atomic E-state index is 0.0940. The largest absolute Gasteiger partial charge is 0.496 e. The lowest BCUT2D eigenvalue weighted by Crippen LogP contribution is -2.18. The molecule has 2 rings (SSSR count). The fraction of sp³-hybridized carbons (Fsp3) is 0.375. The monoisotopic (exact) mass is 291 g/mol. The number of methoxy groups -OCH3 is 3. The van der Waals surface area contributed by atoms with Gasteiger partial charge in [-0.05, 0) is 19.1 Å². The third kappa shape index (κ3) is 3.49. The molecule has 0 spiro atoms. The summed E-state index contributed by atoms with van der Waals surface area (Å²) >= 11 is 0. The van der Waals surface area contributed by atoms with E-state index in [0.717, 1.165) is 22.8 Å². The first-order valence-corrected chi connectivity index (χ1v) is 6.75. The smallest absolute Gasteiger partial charge is 0.130 e. The van der Waals surface area contributed by atoms with Gasteiger partial charge in [-0.3, -0.25) is 0 Å². The van der Waals surface area contributed by atoms with Crippen LogP contribution in [0.5, 0.6) is 17.2 Å². The third-order valence-corrected chi connectivity index (χ3v) is 3.37. The summed E-state index contributed by atoms with van der Waals surface area (Å²) < 4.78 is 21.5. The number of benzene rings is 1. The van der Waals surface area contributed by atoms with E-state index in [4.69, 9.17) is 18.6 Å². The van der Waals surface area contributed by atoms with Gasteiger partial charge in [0.25, 0.3) is 0 Å². The van der Waals surface area contributed by atoms with Gasteiger partial charge in [-0.2, -0.15) is 0 Å². The van der Waals surface area contributed by atoms with Gasteiger partial charge in [0, 0.05) is 18.7 Å². The van der Waals surface area contributed by atoms with Crippen molar-refractivity contribution in [1.82, 2.24) is 5.32 Å². The van der Waals surface area contributed by atoms with Crippen molar-refractivity contribution in [1.29, 1.82) is 0 Å². The Hall–Kier alpha value is -2.14. The molecule has 1 aromatic carbocycles. The van der Waals surface area contributed by atoms with Crippen molar-refractivity contribution in [2.24, 2.45) is 0 Å². The Morgan fingerprint density at radius 3 is 2.24 bits per heavy atom. The van der Waals surface area contributed by atoms with E-state index >= 15 is 0 Å². The van der Waals surface area contributed by atoms with Gasteiger partial charge >= 0.3 is 0 Å². The molecule has 5 nitrogen and oxygen atoms in total. The summed E-state index contributed by atoms with van der Waals surface area (Å²) in [7, 11) is 4.88. The minimum Gasteiger partial charge on any atom is -0.496 e. The summed E-state index contributed by atoms with van der Waals surface area (Å²) in [5, 5.41) is 3.39. The molecular weight excluding hydrogens is 270 g/mol. The maximum Gasteiger partial charge on any atom is 0.130 e. The minimum atomic E-state index is 0.0940. The summed E-state index contributed by atoms with van der Waals surface area (Å²) in [6, 6.07) is 7.60. The summed E-state index contributed by atoms with van der Waals surface area (Å²) in [5.41, 5.74) is 0.944. The fourth-order valence-corrected chi connectivity index (χ4v) is 2.15. The molecule has 0 amide bonds. The Morgan fingerprint density at radius 1 is 1.10 bits per heavy atom. The van der Waals surface area contributed by atoms with Crippen molar-refractivity contribution < 1.29 is 18.6 Å². The molecule has 0 fully saturated rings. The first kappa shape index (κ1) is 15.3. The average Bonchev–Trinajstić information content (AvgIpc) is 3.06. The number of ether oxygens (including phenoxy) is 3. The number of hydrogen-bond donors (Lipinski definition) is 1. The Balaban J connectivity index is 2.18. The van der Waals surface area contributed by atoms with Crippen molar-refractivity contribution in [3.05, 3.63) is 41.9 Å². The van der Waals surface area contributed by atoms with Gasteiger partial charge in [0.05, 0.1) is 39.2 Å². The highest BCUT2D eigenvalue weighted by molar-refractivity contribution is 5.50. The maximum atomic E-state index is 5.43. The number of rotatable bonds is 7.